The molecule has 4 rings (SSSR count). The van der Waals surface area contributed by atoms with Crippen LogP contribution in [0, 0.1) is 25.2 Å². The van der Waals surface area contributed by atoms with E-state index in [1.54, 1.807) is 11.8 Å². The van der Waals surface area contributed by atoms with Crippen LogP contribution in [0.15, 0.2) is 10.9 Å². The predicted molar refractivity (Wildman–Crippen MR) is 98.0 cm³/mol. The molecule has 1 atom stereocenters. The minimum absolute atomic E-state index is 0.214. The largest absolute Gasteiger partial charge is 0.342 e. The van der Waals surface area contributed by atoms with Gasteiger partial charge in [-0.1, -0.05) is 0 Å². The maximum atomic E-state index is 13.1. The highest BCUT2D eigenvalue weighted by atomic mass is 16.2. The molecule has 1 spiro atoms. The normalized spacial score (nSPS) is 26.0. The molecule has 2 aliphatic heterocycles. The Morgan fingerprint density at radius 1 is 1.23 bits per heavy atom. The van der Waals surface area contributed by atoms with E-state index >= 15 is 0 Å². The van der Waals surface area contributed by atoms with Crippen molar-refractivity contribution >= 4 is 11.8 Å². The molecule has 1 N–H and O–H groups in total. The molecule has 1 aromatic rings. The van der Waals surface area contributed by atoms with E-state index in [1.807, 2.05) is 17.9 Å². The van der Waals surface area contributed by atoms with Gasteiger partial charge in [0.2, 0.25) is 5.91 Å². The highest BCUT2D eigenvalue weighted by Crippen LogP contribution is 2.42. The monoisotopic (exact) mass is 357 g/mol. The van der Waals surface area contributed by atoms with Gasteiger partial charge in [-0.05, 0) is 63.5 Å². The third kappa shape index (κ3) is 2.95. The van der Waals surface area contributed by atoms with E-state index in [4.69, 9.17) is 0 Å². The molecule has 3 heterocycles. The molecule has 140 valence electrons. The Balaban J connectivity index is 1.53. The molecule has 2 saturated heterocycles. The number of likely N-dealkylation sites (tertiary alicyclic amines) is 2. The van der Waals surface area contributed by atoms with Crippen molar-refractivity contribution in [1.82, 2.24) is 14.8 Å². The molecule has 1 aliphatic carbocycles. The summed E-state index contributed by atoms with van der Waals surface area (Å²) in [6, 6.07) is 1.82. The highest BCUT2D eigenvalue weighted by Gasteiger charge is 2.50. The summed E-state index contributed by atoms with van der Waals surface area (Å²) < 4.78 is 0. The second-order valence-corrected chi connectivity index (χ2v) is 8.39. The first kappa shape index (κ1) is 17.3. The van der Waals surface area contributed by atoms with Crippen LogP contribution in [0.4, 0.5) is 0 Å². The smallest absolute Gasteiger partial charge is 0.261 e. The summed E-state index contributed by atoms with van der Waals surface area (Å²) >= 11 is 0. The lowest BCUT2D eigenvalue weighted by atomic mass is 9.78. The van der Waals surface area contributed by atoms with E-state index in [0.717, 1.165) is 31.6 Å². The number of aryl methyl sites for hydroxylation is 2. The zero-order valence-electron chi connectivity index (χ0n) is 15.6. The molecular formula is C20H27N3O3. The Hall–Kier alpha value is -2.11. The Morgan fingerprint density at radius 2 is 2.00 bits per heavy atom. The maximum absolute atomic E-state index is 13.1. The van der Waals surface area contributed by atoms with Gasteiger partial charge >= 0.3 is 0 Å². The van der Waals surface area contributed by atoms with Gasteiger partial charge in [0, 0.05) is 31.9 Å². The van der Waals surface area contributed by atoms with Crippen molar-refractivity contribution in [3.63, 3.8) is 0 Å². The molecule has 0 radical (unpaired) electrons. The van der Waals surface area contributed by atoms with Gasteiger partial charge in [0.05, 0.1) is 5.41 Å². The summed E-state index contributed by atoms with van der Waals surface area (Å²) in [5.41, 5.74) is 0.890. The van der Waals surface area contributed by atoms with E-state index < -0.39 is 5.41 Å². The molecule has 6 heteroatoms. The summed E-state index contributed by atoms with van der Waals surface area (Å²) in [4.78, 5) is 44.9. The topological polar surface area (TPSA) is 73.5 Å². The van der Waals surface area contributed by atoms with E-state index in [2.05, 4.69) is 4.98 Å². The number of nitrogens with zero attached hydrogens (tertiary/aromatic N) is 2. The van der Waals surface area contributed by atoms with Crippen LogP contribution in [0.1, 0.15) is 53.7 Å². The van der Waals surface area contributed by atoms with Crippen LogP contribution in [0.5, 0.6) is 0 Å². The van der Waals surface area contributed by atoms with E-state index in [0.29, 0.717) is 31.0 Å². The number of pyridine rings is 1. The van der Waals surface area contributed by atoms with E-state index in [1.165, 1.54) is 12.8 Å². The zero-order chi connectivity index (χ0) is 18.5. The SMILES string of the molecule is Cc1cc(C)c(C(=O)N2CCC3(CCCN(CC4CC4)C3=O)C2)c(=O)[nH]1. The van der Waals surface area contributed by atoms with Crippen molar-refractivity contribution < 1.29 is 9.59 Å². The fourth-order valence-corrected chi connectivity index (χ4v) is 4.64. The number of H-pyrrole nitrogens is 1. The summed E-state index contributed by atoms with van der Waals surface area (Å²) in [5, 5.41) is 0. The number of hydrogen-bond acceptors (Lipinski definition) is 3. The van der Waals surface area contributed by atoms with Crippen molar-refractivity contribution in [1.29, 1.82) is 0 Å². The average molecular weight is 357 g/mol. The average Bonchev–Trinajstić information content (AvgIpc) is 3.29. The number of rotatable bonds is 3. The fraction of sp³-hybridized carbons (Fsp3) is 0.650. The molecular weight excluding hydrogens is 330 g/mol. The van der Waals surface area contributed by atoms with E-state index in [-0.39, 0.29) is 22.9 Å². The first-order valence-corrected chi connectivity index (χ1v) is 9.69. The van der Waals surface area contributed by atoms with Crippen molar-refractivity contribution in [2.45, 2.75) is 46.0 Å². The fourth-order valence-electron chi connectivity index (χ4n) is 4.64. The lowest BCUT2D eigenvalue weighted by molar-refractivity contribution is -0.145. The third-order valence-electron chi connectivity index (χ3n) is 6.22. The maximum Gasteiger partial charge on any atom is 0.261 e. The van der Waals surface area contributed by atoms with Gasteiger partial charge in [-0.25, -0.2) is 0 Å². The van der Waals surface area contributed by atoms with Crippen LogP contribution in [0.3, 0.4) is 0 Å². The third-order valence-corrected chi connectivity index (χ3v) is 6.22. The number of aromatic nitrogens is 1. The van der Waals surface area contributed by atoms with Crippen LogP contribution >= 0.6 is 0 Å². The Labute approximate surface area is 153 Å². The second-order valence-electron chi connectivity index (χ2n) is 8.39. The van der Waals surface area contributed by atoms with Gasteiger partial charge in [0.1, 0.15) is 5.56 Å². The van der Waals surface area contributed by atoms with E-state index in [9.17, 15) is 14.4 Å². The number of piperidine rings is 1. The van der Waals surface area contributed by atoms with Crippen molar-refractivity contribution in [2.24, 2.45) is 11.3 Å². The van der Waals surface area contributed by atoms with Crippen molar-refractivity contribution in [3.05, 3.63) is 33.2 Å². The molecule has 0 aromatic carbocycles. The molecule has 3 aliphatic rings. The summed E-state index contributed by atoms with van der Waals surface area (Å²) in [6.07, 6.45) is 5.03. The van der Waals surface area contributed by atoms with Crippen LogP contribution in [0.2, 0.25) is 0 Å². The Kier molecular flexibility index (Phi) is 4.16. The number of carbonyl (C=O) groups excluding carboxylic acids is 2. The molecule has 0 bridgehead atoms. The summed E-state index contributed by atoms with van der Waals surface area (Å²) in [6.45, 7) is 6.33. The number of amides is 2. The standard InChI is InChI=1S/C20H27N3O3/c1-13-10-14(2)21-17(24)16(13)18(25)23-9-7-20(12-23)6-3-8-22(19(20)26)11-15-4-5-15/h10,15H,3-9,11-12H2,1-2H3,(H,21,24). The van der Waals surface area contributed by atoms with Crippen LogP contribution in [-0.2, 0) is 4.79 Å². The Bertz CT molecular complexity index is 811. The van der Waals surface area contributed by atoms with Crippen LogP contribution in [-0.4, -0.2) is 52.8 Å². The first-order valence-electron chi connectivity index (χ1n) is 9.69. The summed E-state index contributed by atoms with van der Waals surface area (Å²) in [7, 11) is 0. The van der Waals surface area contributed by atoms with Crippen LogP contribution in [0.25, 0.3) is 0 Å². The molecule has 2 amide bonds. The molecule has 1 unspecified atom stereocenters. The van der Waals surface area contributed by atoms with Crippen LogP contribution < -0.4 is 5.56 Å². The molecule has 6 nitrogen and oxygen atoms in total. The van der Waals surface area contributed by atoms with Gasteiger partial charge in [-0.2, -0.15) is 0 Å². The molecule has 1 aromatic heterocycles. The number of hydrogen-bond donors (Lipinski definition) is 1. The zero-order valence-corrected chi connectivity index (χ0v) is 15.6. The van der Waals surface area contributed by atoms with Gasteiger partial charge < -0.3 is 14.8 Å². The lowest BCUT2D eigenvalue weighted by Gasteiger charge is -2.39. The molecule has 1 saturated carbocycles. The quantitative estimate of drug-likeness (QED) is 0.897. The first-order chi connectivity index (χ1) is 12.4. The minimum Gasteiger partial charge on any atom is -0.342 e. The number of aromatic amines is 1. The minimum atomic E-state index is -0.436. The second kappa shape index (κ2) is 6.25. The van der Waals surface area contributed by atoms with Crippen molar-refractivity contribution in [3.8, 4) is 0 Å². The predicted octanol–water partition coefficient (Wildman–Crippen LogP) is 1.86. The highest BCUT2D eigenvalue weighted by molar-refractivity contribution is 5.96. The Morgan fingerprint density at radius 3 is 2.69 bits per heavy atom. The van der Waals surface area contributed by atoms with Gasteiger partial charge in [0.25, 0.3) is 11.5 Å². The number of nitrogens with one attached hydrogen (secondary N) is 1. The van der Waals surface area contributed by atoms with Gasteiger partial charge in [-0.15, -0.1) is 0 Å². The van der Waals surface area contributed by atoms with Gasteiger partial charge in [-0.3, -0.25) is 14.4 Å². The van der Waals surface area contributed by atoms with Gasteiger partial charge in [0.15, 0.2) is 0 Å². The summed E-state index contributed by atoms with van der Waals surface area (Å²) in [5.74, 6) is 0.662. The lowest BCUT2D eigenvalue weighted by Crippen LogP contribution is -2.51. The molecule has 26 heavy (non-hydrogen) atoms. The number of carbonyl (C=O) groups is 2. The van der Waals surface area contributed by atoms with Crippen molar-refractivity contribution in [2.75, 3.05) is 26.2 Å². The molecule has 3 fully saturated rings.